The third kappa shape index (κ3) is 6.02. The fourth-order valence-corrected chi connectivity index (χ4v) is 5.22. The Morgan fingerprint density at radius 2 is 1.76 bits per heavy atom. The molecular formula is C26H30F5N3O3. The van der Waals surface area contributed by atoms with Gasteiger partial charge in [-0.2, -0.15) is 13.2 Å². The van der Waals surface area contributed by atoms with Gasteiger partial charge in [0, 0.05) is 26.2 Å². The quantitative estimate of drug-likeness (QED) is 0.428. The molecule has 0 radical (unpaired) electrons. The van der Waals surface area contributed by atoms with Crippen LogP contribution in [0.25, 0.3) is 0 Å². The highest BCUT2D eigenvalue weighted by Crippen LogP contribution is 2.41. The topological polar surface area (TPSA) is 62.2 Å². The summed E-state index contributed by atoms with van der Waals surface area (Å²) in [6, 6.07) is 1.71. The van der Waals surface area contributed by atoms with Crippen LogP contribution in [-0.2, 0) is 20.5 Å². The Kier molecular flexibility index (Phi) is 7.47. The van der Waals surface area contributed by atoms with Gasteiger partial charge in [0.15, 0.2) is 11.6 Å². The number of hydrogen-bond acceptors (Lipinski definition) is 5. The van der Waals surface area contributed by atoms with Crippen LogP contribution in [0.15, 0.2) is 28.3 Å². The van der Waals surface area contributed by atoms with Gasteiger partial charge in [-0.25, -0.2) is 8.78 Å². The third-order valence-electron chi connectivity index (χ3n) is 6.84. The van der Waals surface area contributed by atoms with Crippen LogP contribution < -0.4 is 0 Å². The molecule has 4 rings (SSSR count). The molecule has 3 heterocycles. The van der Waals surface area contributed by atoms with E-state index >= 15 is 0 Å². The molecule has 0 N–H and O–H groups in total. The van der Waals surface area contributed by atoms with Crippen LogP contribution in [0, 0.1) is 11.6 Å². The number of halogens is 5. The van der Waals surface area contributed by atoms with Crippen molar-refractivity contribution in [3.05, 3.63) is 46.0 Å². The molecule has 3 aliphatic rings. The molecule has 0 atom stereocenters. The second kappa shape index (κ2) is 10.2. The van der Waals surface area contributed by atoms with Gasteiger partial charge in [-0.15, -0.1) is 0 Å². The first kappa shape index (κ1) is 27.2. The van der Waals surface area contributed by atoms with Gasteiger partial charge in [0.25, 0.3) is 5.91 Å². The second-order valence-corrected chi connectivity index (χ2v) is 10.7. The van der Waals surface area contributed by atoms with Crippen molar-refractivity contribution in [3.8, 4) is 0 Å². The van der Waals surface area contributed by atoms with Crippen molar-refractivity contribution in [2.45, 2.75) is 57.7 Å². The predicted molar refractivity (Wildman–Crippen MR) is 126 cm³/mol. The minimum atomic E-state index is -5.02. The molecule has 0 unspecified atom stereocenters. The number of rotatable bonds is 4. The first-order valence-corrected chi connectivity index (χ1v) is 12.3. The van der Waals surface area contributed by atoms with Gasteiger partial charge < -0.3 is 9.64 Å². The zero-order valence-corrected chi connectivity index (χ0v) is 21.1. The van der Waals surface area contributed by atoms with Gasteiger partial charge in [0.2, 0.25) is 0 Å². The average Bonchev–Trinajstić information content (AvgIpc) is 3.21. The number of carbonyl (C=O) groups excluding carboxylic acids is 2. The molecule has 1 fully saturated rings. The number of likely N-dealkylation sites (tertiary alicyclic amines) is 1. The van der Waals surface area contributed by atoms with Crippen molar-refractivity contribution < 1.29 is 36.3 Å². The number of hydrogen-bond donors (Lipinski definition) is 0. The Balaban J connectivity index is 1.38. The molecule has 1 aromatic carbocycles. The van der Waals surface area contributed by atoms with E-state index < -0.39 is 34.9 Å². The molecule has 6 nitrogen and oxygen atoms in total. The molecule has 3 aliphatic heterocycles. The number of piperidine rings is 1. The molecule has 1 aromatic rings. The first-order chi connectivity index (χ1) is 17.2. The fraction of sp³-hybridized carbons (Fsp3) is 0.577. The van der Waals surface area contributed by atoms with Gasteiger partial charge in [-0.1, -0.05) is 6.07 Å². The predicted octanol–water partition coefficient (Wildman–Crippen LogP) is 4.49. The Morgan fingerprint density at radius 1 is 1.08 bits per heavy atom. The number of ether oxygens (including phenoxy) is 1. The number of alkyl halides is 3. The Labute approximate surface area is 212 Å². The average molecular weight is 528 g/mol. The highest BCUT2D eigenvalue weighted by atomic mass is 19.4. The molecule has 37 heavy (non-hydrogen) atoms. The van der Waals surface area contributed by atoms with Crippen molar-refractivity contribution in [3.63, 3.8) is 0 Å². The van der Waals surface area contributed by atoms with Gasteiger partial charge in [0.1, 0.15) is 11.3 Å². The lowest BCUT2D eigenvalue weighted by atomic mass is 9.85. The fourth-order valence-electron chi connectivity index (χ4n) is 5.22. The van der Waals surface area contributed by atoms with Crippen molar-refractivity contribution >= 4 is 17.6 Å². The summed E-state index contributed by atoms with van der Waals surface area (Å²) in [7, 11) is 0. The van der Waals surface area contributed by atoms with Crippen LogP contribution in [0.1, 0.15) is 57.1 Å². The summed E-state index contributed by atoms with van der Waals surface area (Å²) in [6.07, 6.45) is -4.07. The monoisotopic (exact) mass is 527 g/mol. The third-order valence-corrected chi connectivity index (χ3v) is 6.84. The van der Waals surface area contributed by atoms with Crippen LogP contribution in [0.3, 0.4) is 0 Å². The molecule has 0 bridgehead atoms. The van der Waals surface area contributed by atoms with Crippen molar-refractivity contribution in [2.24, 2.45) is 4.99 Å². The van der Waals surface area contributed by atoms with Crippen LogP contribution in [0.4, 0.5) is 22.0 Å². The van der Waals surface area contributed by atoms with E-state index in [9.17, 15) is 31.5 Å². The van der Waals surface area contributed by atoms with Crippen LogP contribution in [-0.4, -0.2) is 72.3 Å². The van der Waals surface area contributed by atoms with E-state index in [2.05, 4.69) is 4.99 Å². The van der Waals surface area contributed by atoms with E-state index in [0.29, 0.717) is 37.8 Å². The smallest absolute Gasteiger partial charge is 0.419 e. The number of amides is 1. The zero-order chi connectivity index (χ0) is 27.1. The summed E-state index contributed by atoms with van der Waals surface area (Å²) in [5.74, 6) is -4.66. The lowest BCUT2D eigenvalue weighted by Crippen LogP contribution is -2.43. The van der Waals surface area contributed by atoms with E-state index in [1.54, 1.807) is 25.7 Å². The van der Waals surface area contributed by atoms with E-state index in [1.165, 1.54) is 0 Å². The Hall–Kier alpha value is -2.82. The maximum atomic E-state index is 14.0. The summed E-state index contributed by atoms with van der Waals surface area (Å²) < 4.78 is 73.3. The van der Waals surface area contributed by atoms with E-state index in [0.717, 1.165) is 17.2 Å². The standard InChI is InChI=1S/C26H30F5N3O3/c1-25(2,3)37-20(35)14-33-9-8-18-16(13-33)12-32-23(18)24(36)34-10-6-15(7-11-34)17-4-5-19(27)22(28)21(17)26(29,30)31/h4-5,15H,6-14H2,1-3H3. The van der Waals surface area contributed by atoms with Gasteiger partial charge in [-0.05, 0) is 68.7 Å². The number of benzene rings is 1. The molecule has 1 amide bonds. The molecule has 0 saturated carbocycles. The normalized spacial score (nSPS) is 19.7. The number of carbonyl (C=O) groups is 2. The lowest BCUT2D eigenvalue weighted by molar-refractivity contribution is -0.156. The maximum Gasteiger partial charge on any atom is 0.419 e. The highest BCUT2D eigenvalue weighted by Gasteiger charge is 2.41. The molecule has 202 valence electrons. The summed E-state index contributed by atoms with van der Waals surface area (Å²) in [5, 5.41) is 0. The lowest BCUT2D eigenvalue weighted by Gasteiger charge is -2.34. The number of nitrogens with zero attached hydrogens (tertiary/aromatic N) is 3. The SMILES string of the molecule is CC(C)(C)OC(=O)CN1CCC2=C(CN=C2C(=O)N2CCC(c3ccc(F)c(F)c3C(F)(F)F)CC2)C1. The second-order valence-electron chi connectivity index (χ2n) is 10.7. The van der Waals surface area contributed by atoms with E-state index in [4.69, 9.17) is 4.74 Å². The van der Waals surface area contributed by atoms with Gasteiger partial charge in [0.05, 0.1) is 18.7 Å². The van der Waals surface area contributed by atoms with Crippen LogP contribution in [0.5, 0.6) is 0 Å². The largest absolute Gasteiger partial charge is 0.459 e. The van der Waals surface area contributed by atoms with Gasteiger partial charge >= 0.3 is 12.1 Å². The molecule has 0 spiro atoms. The molecule has 1 saturated heterocycles. The summed E-state index contributed by atoms with van der Waals surface area (Å²) in [4.78, 5) is 33.4. The summed E-state index contributed by atoms with van der Waals surface area (Å²) in [5.41, 5.74) is -0.198. The zero-order valence-electron chi connectivity index (χ0n) is 21.1. The summed E-state index contributed by atoms with van der Waals surface area (Å²) in [6.45, 7) is 7.38. The minimum Gasteiger partial charge on any atom is -0.459 e. The Bertz CT molecular complexity index is 1150. The molecule has 0 aromatic heterocycles. The molecule has 11 heteroatoms. The highest BCUT2D eigenvalue weighted by molar-refractivity contribution is 6.46. The molecule has 0 aliphatic carbocycles. The van der Waals surface area contributed by atoms with Crippen LogP contribution in [0.2, 0.25) is 0 Å². The van der Waals surface area contributed by atoms with Crippen LogP contribution >= 0.6 is 0 Å². The number of esters is 1. The first-order valence-electron chi connectivity index (χ1n) is 12.3. The van der Waals surface area contributed by atoms with Crippen molar-refractivity contribution in [1.29, 1.82) is 0 Å². The molecular weight excluding hydrogens is 497 g/mol. The van der Waals surface area contributed by atoms with E-state index in [-0.39, 0.29) is 49.9 Å². The number of aliphatic imine (C=N–C) groups is 1. The van der Waals surface area contributed by atoms with Crippen molar-refractivity contribution in [2.75, 3.05) is 39.3 Å². The Morgan fingerprint density at radius 3 is 2.38 bits per heavy atom. The van der Waals surface area contributed by atoms with E-state index in [1.807, 2.05) is 4.90 Å². The van der Waals surface area contributed by atoms with Crippen molar-refractivity contribution in [1.82, 2.24) is 9.80 Å². The summed E-state index contributed by atoms with van der Waals surface area (Å²) >= 11 is 0. The van der Waals surface area contributed by atoms with Gasteiger partial charge in [-0.3, -0.25) is 19.5 Å². The maximum absolute atomic E-state index is 14.0. The minimum absolute atomic E-state index is 0.148.